The van der Waals surface area contributed by atoms with E-state index in [1.54, 1.807) is 0 Å². The summed E-state index contributed by atoms with van der Waals surface area (Å²) in [5, 5.41) is 3.33. The molecule has 4 heteroatoms. The number of carbonyl (C=O) groups excluding carboxylic acids is 1. The molecule has 0 aliphatic heterocycles. The number of nitrogens with one attached hydrogen (secondary N) is 1. The van der Waals surface area contributed by atoms with E-state index in [0.717, 1.165) is 44.9 Å². The minimum Gasteiger partial charge on any atom is -0.391 e. The molecule has 0 aromatic heterocycles. The van der Waals surface area contributed by atoms with Crippen LogP contribution in [0.15, 0.2) is 0 Å². The number of nitrogens with two attached hydrogens (primary N) is 1. The quantitative estimate of drug-likeness (QED) is 0.776. The van der Waals surface area contributed by atoms with Crippen molar-refractivity contribution >= 4 is 23.1 Å². The number of carbonyl (C=O) groups is 1. The zero-order valence-corrected chi connectivity index (χ0v) is 14.2. The summed E-state index contributed by atoms with van der Waals surface area (Å²) in [5.74, 6) is 0.205. The summed E-state index contributed by atoms with van der Waals surface area (Å²) in [6.45, 7) is 2.14. The average Bonchev–Trinajstić information content (AvgIpc) is 2.91. The molecule has 3 N–H and O–H groups in total. The van der Waals surface area contributed by atoms with Crippen molar-refractivity contribution < 1.29 is 4.79 Å². The van der Waals surface area contributed by atoms with Crippen molar-refractivity contribution in [3.05, 3.63) is 0 Å². The maximum atomic E-state index is 12.9. The number of hydrogen-bond acceptors (Lipinski definition) is 2. The molecule has 2 aliphatic carbocycles. The lowest BCUT2D eigenvalue weighted by molar-refractivity contribution is -0.132. The molecule has 0 spiro atoms. The van der Waals surface area contributed by atoms with Gasteiger partial charge in [0.05, 0.1) is 10.5 Å². The van der Waals surface area contributed by atoms with E-state index in [1.807, 2.05) is 0 Å². The van der Waals surface area contributed by atoms with Crippen LogP contribution in [0.5, 0.6) is 0 Å². The highest BCUT2D eigenvalue weighted by atomic mass is 32.1. The van der Waals surface area contributed by atoms with Crippen LogP contribution >= 0.6 is 12.2 Å². The van der Waals surface area contributed by atoms with Gasteiger partial charge in [0.2, 0.25) is 5.91 Å². The normalized spacial score (nSPS) is 24.8. The Bertz CT molecular complexity index is 380. The van der Waals surface area contributed by atoms with E-state index in [0.29, 0.717) is 4.99 Å². The SMILES string of the molecule is CCC1(C(=O)NC2(C(N)=S)CCCCCCC2)CCCC1. The average molecular weight is 311 g/mol. The summed E-state index contributed by atoms with van der Waals surface area (Å²) < 4.78 is 0. The molecule has 120 valence electrons. The van der Waals surface area contributed by atoms with Crippen LogP contribution in [0, 0.1) is 5.41 Å². The van der Waals surface area contributed by atoms with Crippen molar-refractivity contribution in [1.82, 2.24) is 5.32 Å². The molecule has 2 fully saturated rings. The smallest absolute Gasteiger partial charge is 0.226 e. The number of rotatable bonds is 4. The highest BCUT2D eigenvalue weighted by Crippen LogP contribution is 2.42. The van der Waals surface area contributed by atoms with Gasteiger partial charge in [0.25, 0.3) is 0 Å². The predicted molar refractivity (Wildman–Crippen MR) is 91.2 cm³/mol. The Hall–Kier alpha value is -0.640. The molecule has 0 aromatic rings. The molecule has 0 heterocycles. The largest absolute Gasteiger partial charge is 0.391 e. The Kier molecular flexibility index (Phi) is 5.64. The third-order valence-electron chi connectivity index (χ3n) is 5.75. The first kappa shape index (κ1) is 16.7. The van der Waals surface area contributed by atoms with Crippen LogP contribution in [0.2, 0.25) is 0 Å². The fourth-order valence-electron chi connectivity index (χ4n) is 4.08. The molecular weight excluding hydrogens is 280 g/mol. The number of amides is 1. The third kappa shape index (κ3) is 3.58. The third-order valence-corrected chi connectivity index (χ3v) is 6.14. The van der Waals surface area contributed by atoms with Gasteiger partial charge in [0.1, 0.15) is 0 Å². The number of hydrogen-bond donors (Lipinski definition) is 2. The summed E-state index contributed by atoms with van der Waals surface area (Å²) >= 11 is 5.36. The molecule has 0 radical (unpaired) electrons. The zero-order chi connectivity index (χ0) is 15.3. The van der Waals surface area contributed by atoms with E-state index in [4.69, 9.17) is 18.0 Å². The van der Waals surface area contributed by atoms with Crippen LogP contribution in [0.3, 0.4) is 0 Å². The van der Waals surface area contributed by atoms with E-state index < -0.39 is 5.54 Å². The summed E-state index contributed by atoms with van der Waals surface area (Å²) in [6, 6.07) is 0. The Balaban J connectivity index is 2.14. The van der Waals surface area contributed by atoms with Crippen molar-refractivity contribution in [2.24, 2.45) is 11.1 Å². The molecular formula is C17H30N2OS. The Morgan fingerprint density at radius 3 is 1.95 bits per heavy atom. The monoisotopic (exact) mass is 310 g/mol. The van der Waals surface area contributed by atoms with Gasteiger partial charge in [-0.1, -0.05) is 64.1 Å². The standard InChI is InChI=1S/C17H30N2OS/c1-2-16(10-8-9-11-16)15(20)19-17(14(18)21)12-6-4-3-5-7-13-17/h2-13H2,1H3,(H2,18,21)(H,19,20). The van der Waals surface area contributed by atoms with Crippen molar-refractivity contribution in [2.75, 3.05) is 0 Å². The lowest BCUT2D eigenvalue weighted by Gasteiger charge is -2.39. The second kappa shape index (κ2) is 7.08. The Morgan fingerprint density at radius 1 is 1.00 bits per heavy atom. The van der Waals surface area contributed by atoms with E-state index in [-0.39, 0.29) is 11.3 Å². The lowest BCUT2D eigenvalue weighted by atomic mass is 9.79. The van der Waals surface area contributed by atoms with E-state index in [1.165, 1.54) is 32.1 Å². The molecule has 1 amide bonds. The zero-order valence-electron chi connectivity index (χ0n) is 13.4. The van der Waals surface area contributed by atoms with Crippen molar-refractivity contribution in [2.45, 2.75) is 89.5 Å². The molecule has 0 bridgehead atoms. The molecule has 0 unspecified atom stereocenters. The van der Waals surface area contributed by atoms with E-state index in [2.05, 4.69) is 12.2 Å². The minimum atomic E-state index is -0.433. The van der Waals surface area contributed by atoms with Gasteiger partial charge in [-0.05, 0) is 32.1 Å². The van der Waals surface area contributed by atoms with Gasteiger partial charge in [-0.2, -0.15) is 0 Å². The van der Waals surface area contributed by atoms with Gasteiger partial charge in [0.15, 0.2) is 0 Å². The highest BCUT2D eigenvalue weighted by molar-refractivity contribution is 7.80. The van der Waals surface area contributed by atoms with E-state index >= 15 is 0 Å². The lowest BCUT2D eigenvalue weighted by Crippen LogP contribution is -2.59. The first-order chi connectivity index (χ1) is 10.0. The maximum Gasteiger partial charge on any atom is 0.226 e. The summed E-state index contributed by atoms with van der Waals surface area (Å²) in [7, 11) is 0. The van der Waals surface area contributed by atoms with Crippen molar-refractivity contribution in [3.63, 3.8) is 0 Å². The van der Waals surface area contributed by atoms with Crippen LogP contribution in [0.1, 0.15) is 84.0 Å². The van der Waals surface area contributed by atoms with Gasteiger partial charge in [-0.3, -0.25) is 4.79 Å². The first-order valence-electron chi connectivity index (χ1n) is 8.67. The highest BCUT2D eigenvalue weighted by Gasteiger charge is 2.44. The van der Waals surface area contributed by atoms with Gasteiger partial charge in [-0.25, -0.2) is 0 Å². The van der Waals surface area contributed by atoms with Crippen LogP contribution < -0.4 is 11.1 Å². The van der Waals surface area contributed by atoms with E-state index in [9.17, 15) is 4.79 Å². The minimum absolute atomic E-state index is 0.167. The Labute approximate surface area is 134 Å². The molecule has 2 aliphatic rings. The van der Waals surface area contributed by atoms with Crippen LogP contribution in [0.25, 0.3) is 0 Å². The summed E-state index contributed by atoms with van der Waals surface area (Å²) in [5.41, 5.74) is 5.47. The molecule has 2 rings (SSSR count). The second-order valence-corrected chi connectivity index (χ2v) is 7.45. The maximum absolute atomic E-state index is 12.9. The summed E-state index contributed by atoms with van der Waals surface area (Å²) in [4.78, 5) is 13.4. The van der Waals surface area contributed by atoms with Crippen molar-refractivity contribution in [1.29, 1.82) is 0 Å². The molecule has 0 atom stereocenters. The molecule has 0 aromatic carbocycles. The molecule has 21 heavy (non-hydrogen) atoms. The molecule has 0 saturated heterocycles. The predicted octanol–water partition coefficient (Wildman–Crippen LogP) is 3.84. The van der Waals surface area contributed by atoms with Gasteiger partial charge in [0, 0.05) is 5.41 Å². The van der Waals surface area contributed by atoms with Gasteiger partial charge >= 0.3 is 0 Å². The van der Waals surface area contributed by atoms with Gasteiger partial charge in [-0.15, -0.1) is 0 Å². The van der Waals surface area contributed by atoms with Crippen LogP contribution in [0.4, 0.5) is 0 Å². The molecule has 2 saturated carbocycles. The van der Waals surface area contributed by atoms with Gasteiger partial charge < -0.3 is 11.1 Å². The first-order valence-corrected chi connectivity index (χ1v) is 9.08. The molecule has 3 nitrogen and oxygen atoms in total. The number of thiocarbonyl (C=S) groups is 1. The topological polar surface area (TPSA) is 55.1 Å². The van der Waals surface area contributed by atoms with Crippen LogP contribution in [-0.4, -0.2) is 16.4 Å². The second-order valence-electron chi connectivity index (χ2n) is 7.01. The summed E-state index contributed by atoms with van der Waals surface area (Å²) in [6.07, 6.45) is 13.1. The fraction of sp³-hybridized carbons (Fsp3) is 0.882. The fourth-order valence-corrected chi connectivity index (χ4v) is 4.34. The van der Waals surface area contributed by atoms with Crippen molar-refractivity contribution in [3.8, 4) is 0 Å². The Morgan fingerprint density at radius 2 is 1.48 bits per heavy atom. The van der Waals surface area contributed by atoms with Crippen LogP contribution in [-0.2, 0) is 4.79 Å².